The molecule has 3 rings (SSSR count). The van der Waals surface area contributed by atoms with Gasteiger partial charge in [0.15, 0.2) is 0 Å². The van der Waals surface area contributed by atoms with Gasteiger partial charge in [0.2, 0.25) is 5.91 Å². The number of fused-ring (bicyclic) bond motifs is 1. The fraction of sp³-hybridized carbons (Fsp3) is 0.286. The third-order valence-electron chi connectivity index (χ3n) is 4.39. The first kappa shape index (κ1) is 21.4. The van der Waals surface area contributed by atoms with E-state index in [1.165, 1.54) is 6.07 Å². The summed E-state index contributed by atoms with van der Waals surface area (Å²) in [5.74, 6) is -0.576. The maximum absolute atomic E-state index is 13.1. The Hall–Kier alpha value is -3.36. The van der Waals surface area contributed by atoms with E-state index in [2.05, 4.69) is 10.4 Å². The second-order valence-electron chi connectivity index (χ2n) is 6.70. The molecule has 0 aliphatic heterocycles. The van der Waals surface area contributed by atoms with Crippen molar-refractivity contribution in [3.8, 4) is 5.75 Å². The number of nitrogens with one attached hydrogen (secondary N) is 1. The predicted octanol–water partition coefficient (Wildman–Crippen LogP) is 4.15. The number of hydrogen-bond donors (Lipinski definition) is 1. The van der Waals surface area contributed by atoms with Crippen LogP contribution in [0.4, 0.5) is 18.9 Å². The number of carbonyl (C=O) groups excluding carboxylic acids is 1. The van der Waals surface area contributed by atoms with Gasteiger partial charge < -0.3 is 10.1 Å². The summed E-state index contributed by atoms with van der Waals surface area (Å²) in [7, 11) is 0. The lowest BCUT2D eigenvalue weighted by Gasteiger charge is -2.15. The molecule has 2 aromatic carbocycles. The Balaban J connectivity index is 1.89. The zero-order valence-electron chi connectivity index (χ0n) is 16.4. The lowest BCUT2D eigenvalue weighted by Crippen LogP contribution is -2.30. The van der Waals surface area contributed by atoms with Crippen LogP contribution in [-0.4, -0.2) is 22.3 Å². The van der Waals surface area contributed by atoms with E-state index in [0.29, 0.717) is 22.9 Å². The molecule has 0 fully saturated rings. The highest BCUT2D eigenvalue weighted by Crippen LogP contribution is 2.35. The fourth-order valence-electron chi connectivity index (χ4n) is 2.98. The molecule has 0 aliphatic carbocycles. The maximum atomic E-state index is 13.1. The Kier molecular flexibility index (Phi) is 6.09. The minimum Gasteiger partial charge on any atom is -0.491 e. The number of hydrogen-bond acceptors (Lipinski definition) is 4. The molecule has 1 heterocycles. The van der Waals surface area contributed by atoms with Gasteiger partial charge in [0, 0.05) is 5.39 Å². The molecule has 158 valence electrons. The van der Waals surface area contributed by atoms with Crippen molar-refractivity contribution in [3.63, 3.8) is 0 Å². The molecule has 0 aliphatic rings. The molecule has 1 aromatic heterocycles. The molecular weight excluding hydrogens is 399 g/mol. The molecule has 0 radical (unpaired) electrons. The van der Waals surface area contributed by atoms with Crippen molar-refractivity contribution in [2.24, 2.45) is 0 Å². The van der Waals surface area contributed by atoms with Crippen LogP contribution in [0.5, 0.6) is 5.75 Å². The van der Waals surface area contributed by atoms with E-state index in [9.17, 15) is 22.8 Å². The Morgan fingerprint density at radius 3 is 2.53 bits per heavy atom. The van der Waals surface area contributed by atoms with Crippen molar-refractivity contribution in [1.29, 1.82) is 0 Å². The van der Waals surface area contributed by atoms with Crippen LogP contribution < -0.4 is 15.6 Å². The number of benzene rings is 2. The van der Waals surface area contributed by atoms with Gasteiger partial charge in [0.05, 0.1) is 28.9 Å². The zero-order chi connectivity index (χ0) is 21.9. The lowest BCUT2D eigenvalue weighted by molar-refractivity contribution is -0.137. The topological polar surface area (TPSA) is 73.2 Å². The number of alkyl halides is 3. The number of anilines is 1. The summed E-state index contributed by atoms with van der Waals surface area (Å²) in [6, 6.07) is 9.73. The molecule has 9 heteroatoms. The molecule has 0 spiro atoms. The molecule has 0 atom stereocenters. The van der Waals surface area contributed by atoms with Crippen LogP contribution in [0, 0.1) is 6.92 Å². The van der Waals surface area contributed by atoms with E-state index in [1.54, 1.807) is 31.2 Å². The number of aromatic nitrogens is 2. The molecule has 30 heavy (non-hydrogen) atoms. The van der Waals surface area contributed by atoms with Crippen LogP contribution in [0.3, 0.4) is 0 Å². The number of carbonyl (C=O) groups is 1. The standard InChI is InChI=1S/C21H20F3N3O3/c1-3-10-30-18-9-8-14(21(22,23)24)11-17(18)25-19(28)12-27-20(29)16-7-5-4-6-15(16)13(2)26-27/h4-9,11H,3,10,12H2,1-2H3,(H,25,28). The molecular formula is C21H20F3N3O3. The Morgan fingerprint density at radius 1 is 1.17 bits per heavy atom. The smallest absolute Gasteiger partial charge is 0.416 e. The van der Waals surface area contributed by atoms with Crippen LogP contribution in [0.15, 0.2) is 47.3 Å². The molecule has 0 unspecified atom stereocenters. The molecule has 0 bridgehead atoms. The third kappa shape index (κ3) is 4.61. The molecule has 1 N–H and O–H groups in total. The quantitative estimate of drug-likeness (QED) is 0.652. The number of amides is 1. The van der Waals surface area contributed by atoms with Gasteiger partial charge in [-0.25, -0.2) is 4.68 Å². The average Bonchev–Trinajstić information content (AvgIpc) is 2.70. The van der Waals surface area contributed by atoms with Crippen LogP contribution >= 0.6 is 0 Å². The molecule has 1 amide bonds. The largest absolute Gasteiger partial charge is 0.491 e. The average molecular weight is 419 g/mol. The summed E-state index contributed by atoms with van der Waals surface area (Å²) < 4.78 is 45.7. The second-order valence-corrected chi connectivity index (χ2v) is 6.70. The first-order valence-corrected chi connectivity index (χ1v) is 9.31. The van der Waals surface area contributed by atoms with E-state index < -0.39 is 29.8 Å². The SMILES string of the molecule is CCCOc1ccc(C(F)(F)F)cc1NC(=O)Cn1nc(C)c2ccccc2c1=O. The summed E-state index contributed by atoms with van der Waals surface area (Å²) in [5.41, 5.74) is -0.936. The Labute approximate surface area is 170 Å². The Bertz CT molecular complexity index is 1140. The third-order valence-corrected chi connectivity index (χ3v) is 4.39. The molecule has 0 saturated heterocycles. The minimum absolute atomic E-state index is 0.117. The summed E-state index contributed by atoms with van der Waals surface area (Å²) in [6.45, 7) is 3.38. The molecule has 3 aromatic rings. The number of nitrogens with zero attached hydrogens (tertiary/aromatic N) is 2. The van der Waals surface area contributed by atoms with Crippen LogP contribution in [0.25, 0.3) is 10.8 Å². The van der Waals surface area contributed by atoms with Crippen LogP contribution in [0.2, 0.25) is 0 Å². The number of halogens is 3. The van der Waals surface area contributed by atoms with Gasteiger partial charge >= 0.3 is 6.18 Å². The number of aryl methyl sites for hydroxylation is 1. The van der Waals surface area contributed by atoms with Crippen LogP contribution in [-0.2, 0) is 17.5 Å². The second kappa shape index (κ2) is 8.56. The first-order chi connectivity index (χ1) is 14.2. The van der Waals surface area contributed by atoms with E-state index in [4.69, 9.17) is 4.74 Å². The van der Waals surface area contributed by atoms with Gasteiger partial charge in [-0.2, -0.15) is 18.3 Å². The fourth-order valence-corrected chi connectivity index (χ4v) is 2.98. The van der Waals surface area contributed by atoms with Crippen molar-refractivity contribution in [2.75, 3.05) is 11.9 Å². The minimum atomic E-state index is -4.57. The van der Waals surface area contributed by atoms with E-state index >= 15 is 0 Å². The van der Waals surface area contributed by atoms with Crippen molar-refractivity contribution in [3.05, 3.63) is 64.1 Å². The van der Waals surface area contributed by atoms with Crippen molar-refractivity contribution in [2.45, 2.75) is 33.0 Å². The van der Waals surface area contributed by atoms with E-state index in [0.717, 1.165) is 16.8 Å². The van der Waals surface area contributed by atoms with Gasteiger partial charge in [-0.1, -0.05) is 25.1 Å². The summed E-state index contributed by atoms with van der Waals surface area (Å²) in [6.07, 6.45) is -3.93. The van der Waals surface area contributed by atoms with Gasteiger partial charge in [0.25, 0.3) is 5.56 Å². The normalized spacial score (nSPS) is 11.5. The van der Waals surface area contributed by atoms with Crippen molar-refractivity contribution in [1.82, 2.24) is 9.78 Å². The van der Waals surface area contributed by atoms with E-state index in [1.807, 2.05) is 6.92 Å². The van der Waals surface area contributed by atoms with Crippen molar-refractivity contribution >= 4 is 22.4 Å². The summed E-state index contributed by atoms with van der Waals surface area (Å²) >= 11 is 0. The predicted molar refractivity (Wildman–Crippen MR) is 107 cm³/mol. The zero-order valence-corrected chi connectivity index (χ0v) is 16.4. The van der Waals surface area contributed by atoms with Gasteiger partial charge in [-0.3, -0.25) is 9.59 Å². The summed E-state index contributed by atoms with van der Waals surface area (Å²) in [5, 5.41) is 7.63. The molecule has 6 nitrogen and oxygen atoms in total. The summed E-state index contributed by atoms with van der Waals surface area (Å²) in [4.78, 5) is 25.1. The van der Waals surface area contributed by atoms with Gasteiger partial charge in [-0.05, 0) is 37.6 Å². The van der Waals surface area contributed by atoms with Crippen molar-refractivity contribution < 1.29 is 22.7 Å². The Morgan fingerprint density at radius 2 is 1.87 bits per heavy atom. The van der Waals surface area contributed by atoms with Crippen LogP contribution in [0.1, 0.15) is 24.6 Å². The monoisotopic (exact) mass is 419 g/mol. The number of ether oxygens (including phenoxy) is 1. The van der Waals surface area contributed by atoms with Gasteiger partial charge in [0.1, 0.15) is 12.3 Å². The lowest BCUT2D eigenvalue weighted by atomic mass is 10.1. The molecule has 0 saturated carbocycles. The van der Waals surface area contributed by atoms with Gasteiger partial charge in [-0.15, -0.1) is 0 Å². The first-order valence-electron chi connectivity index (χ1n) is 9.31. The van der Waals surface area contributed by atoms with E-state index in [-0.39, 0.29) is 18.0 Å². The highest BCUT2D eigenvalue weighted by molar-refractivity contribution is 5.92. The maximum Gasteiger partial charge on any atom is 0.416 e. The highest BCUT2D eigenvalue weighted by atomic mass is 19.4. The highest BCUT2D eigenvalue weighted by Gasteiger charge is 2.31. The number of rotatable bonds is 6.